The summed E-state index contributed by atoms with van der Waals surface area (Å²) in [7, 11) is -3.65. The van der Waals surface area contributed by atoms with Crippen molar-refractivity contribution in [3.05, 3.63) is 58.9 Å². The van der Waals surface area contributed by atoms with Crippen LogP contribution >= 0.6 is 11.6 Å². The fourth-order valence-corrected chi connectivity index (χ4v) is 3.05. The molecule has 0 saturated carbocycles. The smallest absolute Gasteiger partial charge is 0.236 e. The number of nitrogen functional groups attached to an aromatic ring is 1. The van der Waals surface area contributed by atoms with Gasteiger partial charge in [0.1, 0.15) is 5.82 Å². The monoisotopic (exact) mass is 314 g/mol. The van der Waals surface area contributed by atoms with Crippen molar-refractivity contribution in [1.82, 2.24) is 0 Å². The zero-order valence-electron chi connectivity index (χ0n) is 10.3. The Labute approximate surface area is 121 Å². The van der Waals surface area contributed by atoms with Crippen LogP contribution in [-0.4, -0.2) is 8.42 Å². The Morgan fingerprint density at radius 1 is 1.15 bits per heavy atom. The molecular weight excluding hydrogens is 303 g/mol. The van der Waals surface area contributed by atoms with Gasteiger partial charge in [0, 0.05) is 5.69 Å². The van der Waals surface area contributed by atoms with E-state index in [4.69, 9.17) is 17.3 Å². The van der Waals surface area contributed by atoms with Crippen LogP contribution in [0, 0.1) is 5.82 Å². The molecule has 0 aliphatic carbocycles. The Kier molecular flexibility index (Phi) is 4.15. The van der Waals surface area contributed by atoms with Crippen molar-refractivity contribution in [2.24, 2.45) is 0 Å². The van der Waals surface area contributed by atoms with Gasteiger partial charge in [-0.15, -0.1) is 0 Å². The van der Waals surface area contributed by atoms with Gasteiger partial charge in [0.25, 0.3) is 0 Å². The van der Waals surface area contributed by atoms with Gasteiger partial charge < -0.3 is 5.73 Å². The van der Waals surface area contributed by atoms with E-state index in [2.05, 4.69) is 4.72 Å². The topological polar surface area (TPSA) is 72.2 Å². The van der Waals surface area contributed by atoms with Crippen LogP contribution in [0.2, 0.25) is 5.02 Å². The van der Waals surface area contributed by atoms with E-state index in [1.807, 2.05) is 0 Å². The molecule has 4 nitrogen and oxygen atoms in total. The van der Waals surface area contributed by atoms with Crippen LogP contribution in [-0.2, 0) is 15.8 Å². The first-order chi connectivity index (χ1) is 9.35. The van der Waals surface area contributed by atoms with E-state index in [1.165, 1.54) is 36.4 Å². The molecule has 0 spiro atoms. The highest BCUT2D eigenvalue weighted by molar-refractivity contribution is 7.91. The molecule has 0 saturated heterocycles. The Hall–Kier alpha value is -1.79. The van der Waals surface area contributed by atoms with Gasteiger partial charge in [-0.05, 0) is 35.9 Å². The highest BCUT2D eigenvalue weighted by Gasteiger charge is 2.14. The predicted octanol–water partition coefficient (Wildman–Crippen LogP) is 3.00. The predicted molar refractivity (Wildman–Crippen MR) is 78.5 cm³/mol. The third-order valence-corrected chi connectivity index (χ3v) is 4.10. The van der Waals surface area contributed by atoms with Crippen molar-refractivity contribution in [2.45, 2.75) is 5.75 Å². The molecule has 0 heterocycles. The number of anilines is 2. The maximum atomic E-state index is 12.8. The summed E-state index contributed by atoms with van der Waals surface area (Å²) < 4.78 is 39.2. The summed E-state index contributed by atoms with van der Waals surface area (Å²) in [5.41, 5.74) is 6.67. The molecule has 0 radical (unpaired) electrons. The number of hydrogen-bond acceptors (Lipinski definition) is 3. The molecule has 0 amide bonds. The largest absolute Gasteiger partial charge is 0.399 e. The van der Waals surface area contributed by atoms with Gasteiger partial charge in [0.15, 0.2) is 0 Å². The normalized spacial score (nSPS) is 11.3. The number of hydrogen-bond donors (Lipinski definition) is 2. The highest BCUT2D eigenvalue weighted by atomic mass is 35.5. The van der Waals surface area contributed by atoms with Crippen molar-refractivity contribution >= 4 is 33.0 Å². The van der Waals surface area contributed by atoms with Crippen molar-refractivity contribution in [3.63, 3.8) is 0 Å². The van der Waals surface area contributed by atoms with E-state index < -0.39 is 15.8 Å². The molecule has 2 aromatic rings. The van der Waals surface area contributed by atoms with Crippen LogP contribution in [0.15, 0.2) is 42.5 Å². The molecule has 106 valence electrons. The lowest BCUT2D eigenvalue weighted by Crippen LogP contribution is -2.15. The summed E-state index contributed by atoms with van der Waals surface area (Å²) in [6.07, 6.45) is 0. The van der Waals surface area contributed by atoms with Crippen LogP contribution in [0.1, 0.15) is 5.56 Å². The van der Waals surface area contributed by atoms with Gasteiger partial charge in [0.2, 0.25) is 10.0 Å². The Morgan fingerprint density at radius 3 is 2.45 bits per heavy atom. The second-order valence-electron chi connectivity index (χ2n) is 4.23. The highest BCUT2D eigenvalue weighted by Crippen LogP contribution is 2.25. The number of nitrogens with one attached hydrogen (secondary N) is 1. The molecule has 2 rings (SSSR count). The first-order valence-electron chi connectivity index (χ1n) is 5.66. The van der Waals surface area contributed by atoms with Gasteiger partial charge >= 0.3 is 0 Å². The molecule has 0 aliphatic rings. The molecule has 0 fully saturated rings. The SMILES string of the molecule is Nc1ccc(Cl)c(NS(=O)(=O)Cc2ccc(F)cc2)c1. The lowest BCUT2D eigenvalue weighted by molar-refractivity contribution is 0.600. The van der Waals surface area contributed by atoms with Crippen molar-refractivity contribution in [2.75, 3.05) is 10.5 Å². The maximum absolute atomic E-state index is 12.8. The fourth-order valence-electron chi connectivity index (χ4n) is 1.62. The van der Waals surface area contributed by atoms with Gasteiger partial charge in [0.05, 0.1) is 16.5 Å². The summed E-state index contributed by atoms with van der Waals surface area (Å²) in [4.78, 5) is 0. The first-order valence-corrected chi connectivity index (χ1v) is 7.69. The molecule has 0 bridgehead atoms. The van der Waals surface area contributed by atoms with Gasteiger partial charge in [-0.2, -0.15) is 0 Å². The second-order valence-corrected chi connectivity index (χ2v) is 6.36. The minimum Gasteiger partial charge on any atom is -0.399 e. The molecular formula is C13H12ClFN2O2S. The summed E-state index contributed by atoms with van der Waals surface area (Å²) in [5.74, 6) is -0.698. The van der Waals surface area contributed by atoms with Gasteiger partial charge in [-0.25, -0.2) is 12.8 Å². The number of halogens is 2. The van der Waals surface area contributed by atoms with E-state index in [0.29, 0.717) is 11.3 Å². The van der Waals surface area contributed by atoms with Crippen LogP contribution < -0.4 is 10.5 Å². The second kappa shape index (κ2) is 5.68. The molecule has 0 unspecified atom stereocenters. The van der Waals surface area contributed by atoms with Crippen LogP contribution in [0.3, 0.4) is 0 Å². The third-order valence-electron chi connectivity index (χ3n) is 2.53. The van der Waals surface area contributed by atoms with E-state index in [9.17, 15) is 12.8 Å². The minimum atomic E-state index is -3.65. The van der Waals surface area contributed by atoms with Crippen molar-refractivity contribution in [1.29, 1.82) is 0 Å². The molecule has 2 aromatic carbocycles. The summed E-state index contributed by atoms with van der Waals surface area (Å²) >= 11 is 5.89. The average Bonchev–Trinajstić information content (AvgIpc) is 2.36. The van der Waals surface area contributed by atoms with Gasteiger partial charge in [-0.3, -0.25) is 4.72 Å². The lowest BCUT2D eigenvalue weighted by atomic mass is 10.2. The van der Waals surface area contributed by atoms with E-state index in [-0.39, 0.29) is 16.5 Å². The van der Waals surface area contributed by atoms with Crippen molar-refractivity contribution in [3.8, 4) is 0 Å². The van der Waals surface area contributed by atoms with Crippen LogP contribution in [0.4, 0.5) is 15.8 Å². The summed E-state index contributed by atoms with van der Waals surface area (Å²) in [6.45, 7) is 0. The Bertz CT molecular complexity index is 718. The number of benzene rings is 2. The quantitative estimate of drug-likeness (QED) is 0.852. The number of rotatable bonds is 4. The standard InChI is InChI=1S/C13H12ClFN2O2S/c14-12-6-5-11(16)7-13(12)17-20(18,19)8-9-1-3-10(15)4-2-9/h1-7,17H,8,16H2. The molecule has 7 heteroatoms. The van der Waals surface area contributed by atoms with E-state index in [1.54, 1.807) is 6.07 Å². The zero-order valence-corrected chi connectivity index (χ0v) is 11.9. The van der Waals surface area contributed by atoms with Crippen molar-refractivity contribution < 1.29 is 12.8 Å². The fraction of sp³-hybridized carbons (Fsp3) is 0.0769. The number of nitrogens with two attached hydrogens (primary N) is 1. The van der Waals surface area contributed by atoms with Crippen LogP contribution in [0.5, 0.6) is 0 Å². The average molecular weight is 315 g/mol. The molecule has 20 heavy (non-hydrogen) atoms. The molecule has 3 N–H and O–H groups in total. The molecule has 0 aromatic heterocycles. The van der Waals surface area contributed by atoms with E-state index in [0.717, 1.165) is 0 Å². The maximum Gasteiger partial charge on any atom is 0.236 e. The Balaban J connectivity index is 2.19. The minimum absolute atomic E-state index is 0.216. The zero-order chi connectivity index (χ0) is 14.8. The third kappa shape index (κ3) is 3.85. The van der Waals surface area contributed by atoms with E-state index >= 15 is 0 Å². The Morgan fingerprint density at radius 2 is 1.80 bits per heavy atom. The molecule has 0 atom stereocenters. The number of sulfonamides is 1. The first kappa shape index (κ1) is 14.6. The molecule has 0 aliphatic heterocycles. The summed E-state index contributed by atoms with van der Waals surface area (Å²) in [6, 6.07) is 9.75. The summed E-state index contributed by atoms with van der Waals surface area (Å²) in [5, 5.41) is 0.252. The van der Waals surface area contributed by atoms with Crippen LogP contribution in [0.25, 0.3) is 0 Å². The lowest BCUT2D eigenvalue weighted by Gasteiger charge is -2.10. The van der Waals surface area contributed by atoms with Gasteiger partial charge in [-0.1, -0.05) is 23.7 Å².